The summed E-state index contributed by atoms with van der Waals surface area (Å²) in [6, 6.07) is -1.47. The molecule has 5 atom stereocenters. The second kappa shape index (κ2) is 12.0. The largest absolute Gasteiger partial charge is 0.480 e. The summed E-state index contributed by atoms with van der Waals surface area (Å²) in [6.45, 7) is 3.99. The summed E-state index contributed by atoms with van der Waals surface area (Å²) in [6.07, 6.45) is 17.1. The van der Waals surface area contributed by atoms with E-state index in [-0.39, 0.29) is 35.9 Å². The summed E-state index contributed by atoms with van der Waals surface area (Å²) in [5.41, 5.74) is 0. The fraction of sp³-hybridized carbons (Fsp3) is 0.867. The number of carboxylic acids is 1. The van der Waals surface area contributed by atoms with E-state index in [1.165, 1.54) is 12.8 Å². The van der Waals surface area contributed by atoms with Gasteiger partial charge in [-0.3, -0.25) is 14.5 Å². The summed E-state index contributed by atoms with van der Waals surface area (Å²) in [4.78, 5) is 51.7. The highest BCUT2D eigenvalue weighted by Gasteiger charge is 2.53. The molecule has 1 unspecified atom stereocenters. The minimum Gasteiger partial charge on any atom is -0.480 e. The number of guanidine groups is 1. The zero-order valence-corrected chi connectivity index (χ0v) is 23.5. The van der Waals surface area contributed by atoms with E-state index < -0.39 is 24.1 Å². The molecule has 0 radical (unpaired) electrons. The minimum atomic E-state index is -0.900. The van der Waals surface area contributed by atoms with Gasteiger partial charge in [-0.15, -0.1) is 0 Å². The molecule has 8 heteroatoms. The predicted octanol–water partition coefficient (Wildman–Crippen LogP) is 4.95. The van der Waals surface area contributed by atoms with Crippen LogP contribution in [0.1, 0.15) is 123 Å². The Labute approximate surface area is 228 Å². The third kappa shape index (κ3) is 5.21. The van der Waals surface area contributed by atoms with Crippen molar-refractivity contribution in [1.82, 2.24) is 14.7 Å². The quantitative estimate of drug-likeness (QED) is 0.504. The molecule has 8 nitrogen and oxygen atoms in total. The van der Waals surface area contributed by atoms with Gasteiger partial charge in [0.15, 0.2) is 0 Å². The van der Waals surface area contributed by atoms with Gasteiger partial charge in [-0.1, -0.05) is 64.7 Å². The number of carboxylic acid groups (broad SMARTS) is 1. The van der Waals surface area contributed by atoms with Crippen molar-refractivity contribution in [1.29, 1.82) is 0 Å². The molecule has 212 valence electrons. The van der Waals surface area contributed by atoms with Crippen LogP contribution >= 0.6 is 0 Å². The highest BCUT2D eigenvalue weighted by Crippen LogP contribution is 2.41. The number of fused-ring (bicyclic) bond motifs is 1. The zero-order valence-electron chi connectivity index (χ0n) is 23.5. The maximum atomic E-state index is 14.3. The first-order chi connectivity index (χ1) is 18.4. The van der Waals surface area contributed by atoms with Crippen molar-refractivity contribution in [3.8, 4) is 0 Å². The van der Waals surface area contributed by atoms with Gasteiger partial charge < -0.3 is 14.9 Å². The average Bonchev–Trinajstić information content (AvgIpc) is 3.45. The normalized spacial score (nSPS) is 33.2. The Morgan fingerprint density at radius 2 is 1.58 bits per heavy atom. The number of hydrogen-bond donors (Lipinski definition) is 1. The molecule has 38 heavy (non-hydrogen) atoms. The van der Waals surface area contributed by atoms with Crippen LogP contribution in [0.4, 0.5) is 0 Å². The number of hydrogen-bond acceptors (Lipinski definition) is 4. The molecule has 3 aliphatic carbocycles. The van der Waals surface area contributed by atoms with Crippen molar-refractivity contribution in [2.45, 2.75) is 159 Å². The summed E-state index contributed by atoms with van der Waals surface area (Å²) in [5.74, 6) is 0.0332. The molecule has 3 saturated carbocycles. The molecule has 5 aliphatic rings. The number of nitrogens with zero attached hydrogens (tertiary/aromatic N) is 4. The number of carbonyl (C=O) groups is 3. The average molecular weight is 529 g/mol. The first-order valence-electron chi connectivity index (χ1n) is 15.7. The van der Waals surface area contributed by atoms with Gasteiger partial charge in [-0.2, -0.15) is 0 Å². The molecule has 0 aromatic rings. The molecule has 0 aromatic heterocycles. The van der Waals surface area contributed by atoms with E-state index in [1.54, 1.807) is 4.90 Å². The van der Waals surface area contributed by atoms with Crippen LogP contribution in [0, 0.1) is 5.92 Å². The predicted molar refractivity (Wildman–Crippen MR) is 147 cm³/mol. The Morgan fingerprint density at radius 3 is 2.24 bits per heavy atom. The molecule has 2 heterocycles. The van der Waals surface area contributed by atoms with E-state index >= 15 is 0 Å². The zero-order chi connectivity index (χ0) is 26.8. The van der Waals surface area contributed by atoms with Gasteiger partial charge in [0.05, 0.1) is 6.04 Å². The molecule has 0 bridgehead atoms. The summed E-state index contributed by atoms with van der Waals surface area (Å²) in [5, 5.41) is 10.1. The Morgan fingerprint density at radius 1 is 0.947 bits per heavy atom. The molecule has 5 fully saturated rings. The van der Waals surface area contributed by atoms with E-state index in [9.17, 15) is 19.5 Å². The Bertz CT molecular complexity index is 910. The lowest BCUT2D eigenvalue weighted by Crippen LogP contribution is -2.56. The number of likely N-dealkylation sites (tertiary alicyclic amines) is 1. The lowest BCUT2D eigenvalue weighted by atomic mass is 9.84. The van der Waals surface area contributed by atoms with Crippen molar-refractivity contribution in [3.05, 3.63) is 0 Å². The highest BCUT2D eigenvalue weighted by atomic mass is 16.4. The SMILES string of the molecule is CCCC1C(=O)N(C2CCCCC2)C(=NC2CCCCC2)N1[C@H](C)C(=O)N1[C@@H]2CCCC[C@@H]2C[C@H]1C(=O)O. The maximum absolute atomic E-state index is 14.3. The van der Waals surface area contributed by atoms with Gasteiger partial charge in [0.25, 0.3) is 5.91 Å². The number of rotatable bonds is 7. The topological polar surface area (TPSA) is 93.5 Å². The highest BCUT2D eigenvalue weighted by molar-refractivity contribution is 6.08. The molecular formula is C30H48N4O4. The molecule has 2 aliphatic heterocycles. The lowest BCUT2D eigenvalue weighted by Gasteiger charge is -2.39. The molecular weight excluding hydrogens is 480 g/mol. The van der Waals surface area contributed by atoms with Gasteiger partial charge in [0.1, 0.15) is 18.1 Å². The summed E-state index contributed by atoms with van der Waals surface area (Å²) < 4.78 is 0. The standard InChI is InChI=1S/C30H48N4O4/c1-3-12-25-28(36)33(23-16-8-5-9-17-23)30(31-22-14-6-4-7-15-22)32(25)20(2)27(35)34-24-18-11-10-13-21(24)19-26(34)29(37)38/h20-26H,3-19H2,1-2H3,(H,37,38)/t20-,21-,24-,25?,26+/m1/s1. The van der Waals surface area contributed by atoms with Gasteiger partial charge in [0.2, 0.25) is 11.9 Å². The van der Waals surface area contributed by atoms with Crippen LogP contribution in [0.15, 0.2) is 4.99 Å². The van der Waals surface area contributed by atoms with Crippen LogP contribution in [0.2, 0.25) is 0 Å². The van der Waals surface area contributed by atoms with Gasteiger partial charge in [-0.25, -0.2) is 9.79 Å². The first-order valence-corrected chi connectivity index (χ1v) is 15.7. The van der Waals surface area contributed by atoms with Crippen LogP contribution in [0.5, 0.6) is 0 Å². The van der Waals surface area contributed by atoms with Gasteiger partial charge >= 0.3 is 5.97 Å². The third-order valence-corrected chi connectivity index (χ3v) is 10.1. The van der Waals surface area contributed by atoms with E-state index in [0.29, 0.717) is 18.8 Å². The first kappa shape index (κ1) is 27.4. The fourth-order valence-electron chi connectivity index (χ4n) is 8.14. The van der Waals surface area contributed by atoms with E-state index in [4.69, 9.17) is 4.99 Å². The molecule has 0 aromatic carbocycles. The van der Waals surface area contributed by atoms with Crippen LogP contribution in [0.3, 0.4) is 0 Å². The monoisotopic (exact) mass is 528 g/mol. The van der Waals surface area contributed by atoms with Crippen molar-refractivity contribution in [2.75, 3.05) is 0 Å². The third-order valence-electron chi connectivity index (χ3n) is 10.1. The maximum Gasteiger partial charge on any atom is 0.326 e. The molecule has 2 amide bonds. The van der Waals surface area contributed by atoms with Crippen LogP contribution in [-0.2, 0) is 14.4 Å². The number of aliphatic imine (C=N–C) groups is 1. The minimum absolute atomic E-state index is 0.00379. The molecule has 2 saturated heterocycles. The number of aliphatic carboxylic acids is 1. The summed E-state index contributed by atoms with van der Waals surface area (Å²) in [7, 11) is 0. The van der Waals surface area contributed by atoms with E-state index in [0.717, 1.165) is 83.5 Å². The van der Waals surface area contributed by atoms with Crippen LogP contribution < -0.4 is 0 Å². The van der Waals surface area contributed by atoms with Crippen molar-refractivity contribution >= 4 is 23.7 Å². The van der Waals surface area contributed by atoms with Gasteiger partial charge in [0, 0.05) is 12.1 Å². The molecule has 1 N–H and O–H groups in total. The van der Waals surface area contributed by atoms with Gasteiger partial charge in [-0.05, 0) is 64.2 Å². The molecule has 5 rings (SSSR count). The Balaban J connectivity index is 1.50. The molecule has 0 spiro atoms. The van der Waals surface area contributed by atoms with Crippen molar-refractivity contribution in [3.63, 3.8) is 0 Å². The van der Waals surface area contributed by atoms with Crippen LogP contribution in [-0.4, -0.2) is 79.8 Å². The summed E-state index contributed by atoms with van der Waals surface area (Å²) >= 11 is 0. The fourth-order valence-corrected chi connectivity index (χ4v) is 8.14. The lowest BCUT2D eigenvalue weighted by molar-refractivity contribution is -0.152. The van der Waals surface area contributed by atoms with Crippen molar-refractivity contribution in [2.24, 2.45) is 10.9 Å². The van der Waals surface area contributed by atoms with E-state index in [1.807, 2.05) is 16.7 Å². The van der Waals surface area contributed by atoms with Crippen molar-refractivity contribution < 1.29 is 19.5 Å². The van der Waals surface area contributed by atoms with Crippen LogP contribution in [0.25, 0.3) is 0 Å². The second-order valence-corrected chi connectivity index (χ2v) is 12.6. The van der Waals surface area contributed by atoms with E-state index in [2.05, 4.69) is 6.92 Å². The Kier molecular flexibility index (Phi) is 8.63. The number of carbonyl (C=O) groups excluding carboxylic acids is 2. The number of amides is 2. The second-order valence-electron chi connectivity index (χ2n) is 12.6. The smallest absolute Gasteiger partial charge is 0.326 e. The Hall–Kier alpha value is -2.12.